The number of hydrogen-bond acceptors (Lipinski definition) is 4. The van der Waals surface area contributed by atoms with Crippen molar-refractivity contribution < 1.29 is 19.4 Å². The zero-order valence-corrected chi connectivity index (χ0v) is 12.5. The van der Waals surface area contributed by atoms with E-state index >= 15 is 0 Å². The Balaban J connectivity index is 2.66. The first-order valence-corrected chi connectivity index (χ1v) is 6.55. The Kier molecular flexibility index (Phi) is 4.16. The summed E-state index contributed by atoms with van der Waals surface area (Å²) in [5, 5.41) is 13.1. The van der Waals surface area contributed by atoms with E-state index in [0.717, 1.165) is 23.2 Å². The standard InChI is InChI=1S/C15H18N2O4/c1-5-9-10(6-7-13(20-3)14(9)21-4)12-8-11(15(18)19)16-17(12)2/h6-8H,5H2,1-4H3,(H,18,19). The molecular weight excluding hydrogens is 272 g/mol. The van der Waals surface area contributed by atoms with Gasteiger partial charge < -0.3 is 14.6 Å². The van der Waals surface area contributed by atoms with Crippen LogP contribution in [0.3, 0.4) is 0 Å². The number of methoxy groups -OCH3 is 2. The van der Waals surface area contributed by atoms with Crippen LogP contribution in [0.5, 0.6) is 11.5 Å². The molecule has 1 heterocycles. The molecular formula is C15H18N2O4. The molecule has 0 radical (unpaired) electrons. The lowest BCUT2D eigenvalue weighted by Crippen LogP contribution is -2.01. The predicted octanol–water partition coefficient (Wildman–Crippen LogP) is 2.36. The molecule has 21 heavy (non-hydrogen) atoms. The molecule has 0 bridgehead atoms. The second-order valence-corrected chi connectivity index (χ2v) is 4.52. The highest BCUT2D eigenvalue weighted by molar-refractivity contribution is 5.87. The van der Waals surface area contributed by atoms with Crippen LogP contribution in [0.2, 0.25) is 0 Å². The summed E-state index contributed by atoms with van der Waals surface area (Å²) in [5.74, 6) is 0.268. The van der Waals surface area contributed by atoms with E-state index in [9.17, 15) is 4.79 Å². The third-order valence-corrected chi connectivity index (χ3v) is 3.38. The average Bonchev–Trinajstić information content (AvgIpc) is 2.87. The van der Waals surface area contributed by atoms with Crippen LogP contribution in [0, 0.1) is 0 Å². The number of aromatic nitrogens is 2. The molecule has 0 aliphatic rings. The Bertz CT molecular complexity index is 677. The van der Waals surface area contributed by atoms with Crippen molar-refractivity contribution in [2.45, 2.75) is 13.3 Å². The maximum Gasteiger partial charge on any atom is 0.356 e. The molecule has 0 spiro atoms. The van der Waals surface area contributed by atoms with Crippen LogP contribution in [-0.2, 0) is 13.5 Å². The molecule has 0 amide bonds. The Labute approximate surface area is 122 Å². The fourth-order valence-electron chi connectivity index (χ4n) is 2.41. The van der Waals surface area contributed by atoms with E-state index in [0.29, 0.717) is 11.5 Å². The van der Waals surface area contributed by atoms with Crippen molar-refractivity contribution in [3.63, 3.8) is 0 Å². The van der Waals surface area contributed by atoms with Crippen molar-refractivity contribution in [1.82, 2.24) is 9.78 Å². The molecule has 1 aromatic carbocycles. The van der Waals surface area contributed by atoms with Crippen LogP contribution in [0.4, 0.5) is 0 Å². The highest BCUT2D eigenvalue weighted by Gasteiger charge is 2.19. The topological polar surface area (TPSA) is 73.6 Å². The van der Waals surface area contributed by atoms with Crippen LogP contribution in [0.1, 0.15) is 23.0 Å². The van der Waals surface area contributed by atoms with Gasteiger partial charge in [0.25, 0.3) is 0 Å². The molecule has 6 heteroatoms. The molecule has 0 saturated carbocycles. The molecule has 2 rings (SSSR count). The van der Waals surface area contributed by atoms with Crippen LogP contribution < -0.4 is 9.47 Å². The van der Waals surface area contributed by atoms with E-state index in [2.05, 4.69) is 5.10 Å². The lowest BCUT2D eigenvalue weighted by atomic mass is 10.00. The van der Waals surface area contributed by atoms with Gasteiger partial charge >= 0.3 is 5.97 Å². The highest BCUT2D eigenvalue weighted by atomic mass is 16.5. The number of hydrogen-bond donors (Lipinski definition) is 1. The minimum Gasteiger partial charge on any atom is -0.493 e. The SMILES string of the molecule is CCc1c(-c2cc(C(=O)O)nn2C)ccc(OC)c1OC. The van der Waals surface area contributed by atoms with Crippen molar-refractivity contribution in [1.29, 1.82) is 0 Å². The van der Waals surface area contributed by atoms with Crippen molar-refractivity contribution >= 4 is 5.97 Å². The van der Waals surface area contributed by atoms with Gasteiger partial charge in [-0.2, -0.15) is 5.10 Å². The number of nitrogens with zero attached hydrogens (tertiary/aromatic N) is 2. The average molecular weight is 290 g/mol. The van der Waals surface area contributed by atoms with Crippen LogP contribution >= 0.6 is 0 Å². The lowest BCUT2D eigenvalue weighted by Gasteiger charge is -2.16. The number of ether oxygens (including phenoxy) is 2. The maximum atomic E-state index is 11.1. The Hall–Kier alpha value is -2.50. The largest absolute Gasteiger partial charge is 0.493 e. The summed E-state index contributed by atoms with van der Waals surface area (Å²) in [6, 6.07) is 5.26. The van der Waals surface area contributed by atoms with E-state index in [-0.39, 0.29) is 5.69 Å². The fourth-order valence-corrected chi connectivity index (χ4v) is 2.41. The first kappa shape index (κ1) is 14.9. The molecule has 0 saturated heterocycles. The number of carboxylic acid groups (broad SMARTS) is 1. The summed E-state index contributed by atoms with van der Waals surface area (Å²) < 4.78 is 12.3. The summed E-state index contributed by atoms with van der Waals surface area (Å²) in [5.41, 5.74) is 2.59. The number of carbonyl (C=O) groups is 1. The van der Waals surface area contributed by atoms with Gasteiger partial charge in [0.1, 0.15) is 0 Å². The first-order valence-electron chi connectivity index (χ1n) is 6.55. The van der Waals surface area contributed by atoms with Gasteiger partial charge in [-0.1, -0.05) is 6.92 Å². The van der Waals surface area contributed by atoms with Crippen molar-refractivity contribution in [3.05, 3.63) is 29.5 Å². The summed E-state index contributed by atoms with van der Waals surface area (Å²) in [4.78, 5) is 11.1. The predicted molar refractivity (Wildman–Crippen MR) is 78.1 cm³/mol. The second kappa shape index (κ2) is 5.87. The minimum absolute atomic E-state index is 0.0179. The Morgan fingerprint density at radius 2 is 2.05 bits per heavy atom. The third kappa shape index (κ3) is 2.56. The molecule has 0 aliphatic heterocycles. The fraction of sp³-hybridized carbons (Fsp3) is 0.333. The number of rotatable bonds is 5. The van der Waals surface area contributed by atoms with Gasteiger partial charge in [0.2, 0.25) is 0 Å². The number of carboxylic acids is 1. The summed E-state index contributed by atoms with van der Waals surface area (Å²) in [7, 11) is 4.90. The molecule has 0 atom stereocenters. The lowest BCUT2D eigenvalue weighted by molar-refractivity contribution is 0.0689. The molecule has 2 aromatic rings. The third-order valence-electron chi connectivity index (χ3n) is 3.38. The zero-order valence-electron chi connectivity index (χ0n) is 12.5. The molecule has 112 valence electrons. The molecule has 6 nitrogen and oxygen atoms in total. The highest BCUT2D eigenvalue weighted by Crippen LogP contribution is 2.38. The smallest absolute Gasteiger partial charge is 0.356 e. The van der Waals surface area contributed by atoms with Gasteiger partial charge in [-0.3, -0.25) is 4.68 Å². The van der Waals surface area contributed by atoms with Crippen LogP contribution in [0.15, 0.2) is 18.2 Å². The Morgan fingerprint density at radius 1 is 1.33 bits per heavy atom. The normalized spacial score (nSPS) is 10.5. The van der Waals surface area contributed by atoms with E-state index in [1.807, 2.05) is 13.0 Å². The number of benzene rings is 1. The molecule has 1 N–H and O–H groups in total. The van der Waals surface area contributed by atoms with E-state index in [4.69, 9.17) is 14.6 Å². The molecule has 0 unspecified atom stereocenters. The van der Waals surface area contributed by atoms with Crippen molar-refractivity contribution in [2.75, 3.05) is 14.2 Å². The zero-order chi connectivity index (χ0) is 15.6. The van der Waals surface area contributed by atoms with Crippen LogP contribution in [-0.4, -0.2) is 35.1 Å². The summed E-state index contributed by atoms with van der Waals surface area (Å²) in [6.07, 6.45) is 0.725. The van der Waals surface area contributed by atoms with Gasteiger partial charge in [-0.05, 0) is 24.6 Å². The van der Waals surface area contributed by atoms with E-state index in [1.165, 1.54) is 0 Å². The van der Waals surface area contributed by atoms with Crippen molar-refractivity contribution in [3.8, 4) is 22.8 Å². The van der Waals surface area contributed by atoms with Crippen LogP contribution in [0.25, 0.3) is 11.3 Å². The van der Waals surface area contributed by atoms with Gasteiger partial charge in [-0.15, -0.1) is 0 Å². The van der Waals surface area contributed by atoms with E-state index in [1.54, 1.807) is 38.1 Å². The number of aryl methyl sites for hydroxylation is 1. The van der Waals surface area contributed by atoms with Crippen molar-refractivity contribution in [2.24, 2.45) is 7.05 Å². The maximum absolute atomic E-state index is 11.1. The monoisotopic (exact) mass is 290 g/mol. The summed E-state index contributed by atoms with van der Waals surface area (Å²) in [6.45, 7) is 2.01. The molecule has 1 aromatic heterocycles. The molecule has 0 aliphatic carbocycles. The minimum atomic E-state index is -1.05. The summed E-state index contributed by atoms with van der Waals surface area (Å²) >= 11 is 0. The van der Waals surface area contributed by atoms with Gasteiger partial charge in [0, 0.05) is 18.2 Å². The second-order valence-electron chi connectivity index (χ2n) is 4.52. The van der Waals surface area contributed by atoms with Gasteiger partial charge in [0.15, 0.2) is 17.2 Å². The van der Waals surface area contributed by atoms with Gasteiger partial charge in [0.05, 0.1) is 19.9 Å². The quantitative estimate of drug-likeness (QED) is 0.915. The molecule has 0 fully saturated rings. The Morgan fingerprint density at radius 3 is 2.52 bits per heavy atom. The number of aromatic carboxylic acids is 1. The van der Waals surface area contributed by atoms with Gasteiger partial charge in [-0.25, -0.2) is 4.79 Å². The van der Waals surface area contributed by atoms with E-state index < -0.39 is 5.97 Å². The first-order chi connectivity index (χ1) is 10.0.